The van der Waals surface area contributed by atoms with E-state index in [1.165, 1.54) is 0 Å². The molecule has 9 heavy (non-hydrogen) atoms. The van der Waals surface area contributed by atoms with E-state index in [4.69, 9.17) is 9.66 Å². The predicted octanol–water partition coefficient (Wildman–Crippen LogP) is -3.25. The van der Waals surface area contributed by atoms with Gasteiger partial charge in [-0.05, 0) is 6.92 Å². The molecule has 1 atom stereocenters. The Labute approximate surface area is 83.6 Å². The van der Waals surface area contributed by atoms with Crippen molar-refractivity contribution < 1.29 is 49.1 Å². The molecule has 0 aliphatic heterocycles. The summed E-state index contributed by atoms with van der Waals surface area (Å²) in [5.41, 5.74) is -1.67. The fourth-order valence-corrected chi connectivity index (χ4v) is 0. The summed E-state index contributed by atoms with van der Waals surface area (Å²) in [5, 5.41) is 8.05. The molecule has 0 aliphatic rings. The molecule has 0 spiro atoms. The van der Waals surface area contributed by atoms with Crippen LogP contribution in [0, 0.1) is 0 Å². The molecule has 2 N–H and O–H groups in total. The third-order valence-corrected chi connectivity index (χ3v) is 1.29. The SMILES string of the molecule is CC(O)S(=O)(=O)O.Cl.[H-].[Na+]. The van der Waals surface area contributed by atoms with Crippen LogP contribution in [0.25, 0.3) is 0 Å². The van der Waals surface area contributed by atoms with Crippen molar-refractivity contribution in [1.82, 2.24) is 0 Å². The minimum Gasteiger partial charge on any atom is -1.00 e. The van der Waals surface area contributed by atoms with Crippen molar-refractivity contribution in [3.8, 4) is 0 Å². The molecule has 0 aromatic heterocycles. The number of aliphatic hydroxyl groups excluding tert-OH is 1. The molecule has 0 aliphatic carbocycles. The van der Waals surface area contributed by atoms with E-state index in [0.29, 0.717) is 0 Å². The van der Waals surface area contributed by atoms with Crippen molar-refractivity contribution in [3.63, 3.8) is 0 Å². The van der Waals surface area contributed by atoms with Gasteiger partial charge in [-0.3, -0.25) is 4.55 Å². The molecular weight excluding hydrogens is 179 g/mol. The zero-order valence-electron chi connectivity index (χ0n) is 6.10. The summed E-state index contributed by atoms with van der Waals surface area (Å²) in [6.45, 7) is 0.968. The van der Waals surface area contributed by atoms with Gasteiger partial charge in [0.25, 0.3) is 10.1 Å². The van der Waals surface area contributed by atoms with Gasteiger partial charge in [0.1, 0.15) is 0 Å². The van der Waals surface area contributed by atoms with E-state index >= 15 is 0 Å². The van der Waals surface area contributed by atoms with Crippen LogP contribution in [0.3, 0.4) is 0 Å². The van der Waals surface area contributed by atoms with Crippen LogP contribution in [0.4, 0.5) is 0 Å². The maximum atomic E-state index is 9.64. The van der Waals surface area contributed by atoms with Crippen LogP contribution in [0.15, 0.2) is 0 Å². The smallest absolute Gasteiger partial charge is 1.00 e. The van der Waals surface area contributed by atoms with Gasteiger partial charge in [-0.1, -0.05) is 0 Å². The summed E-state index contributed by atoms with van der Waals surface area (Å²) < 4.78 is 27.1. The summed E-state index contributed by atoms with van der Waals surface area (Å²) in [6, 6.07) is 0. The molecule has 4 nitrogen and oxygen atoms in total. The molecule has 0 saturated carbocycles. The number of hydrogen-bond acceptors (Lipinski definition) is 3. The molecular formula is C2H8ClNaO4S. The molecule has 0 heterocycles. The first-order valence-corrected chi connectivity index (χ1v) is 3.09. The van der Waals surface area contributed by atoms with Crippen LogP contribution >= 0.6 is 12.4 Å². The van der Waals surface area contributed by atoms with Crippen LogP contribution in [0.2, 0.25) is 0 Å². The monoisotopic (exact) mass is 186 g/mol. The maximum absolute atomic E-state index is 9.64. The van der Waals surface area contributed by atoms with E-state index in [1.54, 1.807) is 0 Å². The Morgan fingerprint density at radius 2 is 1.67 bits per heavy atom. The Hall–Kier alpha value is 1.16. The molecule has 0 fully saturated rings. The standard InChI is InChI=1S/C2H6O4S.ClH.Na.H/c1-2(3)7(4,5)6;;;/h2-3H,1H3,(H,4,5,6);1H;;/q;;+1;-1. The molecule has 0 saturated heterocycles. The van der Waals surface area contributed by atoms with Gasteiger partial charge in [0.05, 0.1) is 0 Å². The zero-order chi connectivity index (χ0) is 6.08. The Morgan fingerprint density at radius 3 is 1.67 bits per heavy atom. The third-order valence-electron chi connectivity index (χ3n) is 0.431. The van der Waals surface area contributed by atoms with Gasteiger partial charge in [-0.2, -0.15) is 8.42 Å². The molecule has 0 aromatic rings. The minimum absolute atomic E-state index is 0. The number of aliphatic hydroxyl groups is 1. The van der Waals surface area contributed by atoms with Crippen LogP contribution < -0.4 is 29.6 Å². The second-order valence-electron chi connectivity index (χ2n) is 1.11. The van der Waals surface area contributed by atoms with Gasteiger partial charge in [0.2, 0.25) is 0 Å². The van der Waals surface area contributed by atoms with Crippen molar-refractivity contribution in [2.24, 2.45) is 0 Å². The number of halogens is 1. The van der Waals surface area contributed by atoms with Gasteiger partial charge in [0.15, 0.2) is 5.44 Å². The van der Waals surface area contributed by atoms with Crippen LogP contribution in [0.5, 0.6) is 0 Å². The normalized spacial score (nSPS) is 12.8. The Bertz CT molecular complexity index is 145. The molecule has 0 rings (SSSR count). The van der Waals surface area contributed by atoms with E-state index < -0.39 is 15.6 Å². The summed E-state index contributed by atoms with van der Waals surface area (Å²) in [5.74, 6) is 0. The number of hydrogen-bond donors (Lipinski definition) is 2. The second kappa shape index (κ2) is 5.91. The van der Waals surface area contributed by atoms with Crippen molar-refractivity contribution in [1.29, 1.82) is 0 Å². The minimum atomic E-state index is -4.19. The van der Waals surface area contributed by atoms with Crippen LogP contribution in [-0.4, -0.2) is 23.5 Å². The van der Waals surface area contributed by atoms with Crippen molar-refractivity contribution in [2.45, 2.75) is 12.4 Å². The van der Waals surface area contributed by atoms with Crippen molar-refractivity contribution in [3.05, 3.63) is 0 Å². The molecule has 54 valence electrons. The Balaban J connectivity index is -0.0000000600. The molecule has 0 radical (unpaired) electrons. The van der Waals surface area contributed by atoms with Gasteiger partial charge < -0.3 is 6.53 Å². The summed E-state index contributed by atoms with van der Waals surface area (Å²) in [7, 11) is -4.19. The first-order chi connectivity index (χ1) is 2.94. The molecule has 0 amide bonds. The molecule has 0 aromatic carbocycles. The summed E-state index contributed by atoms with van der Waals surface area (Å²) >= 11 is 0. The summed E-state index contributed by atoms with van der Waals surface area (Å²) in [4.78, 5) is 0. The third kappa shape index (κ3) is 9.16. The predicted molar refractivity (Wildman–Crippen MR) is 31.6 cm³/mol. The quantitative estimate of drug-likeness (QED) is 0.333. The molecule has 1 unspecified atom stereocenters. The van der Waals surface area contributed by atoms with Gasteiger partial charge in [-0.15, -0.1) is 12.4 Å². The maximum Gasteiger partial charge on any atom is 1.00 e. The first-order valence-electron chi connectivity index (χ1n) is 1.59. The Kier molecular flexibility index (Phi) is 10.9. The average molecular weight is 187 g/mol. The second-order valence-corrected chi connectivity index (χ2v) is 2.83. The fraction of sp³-hybridized carbons (Fsp3) is 1.00. The zero-order valence-corrected chi connectivity index (χ0v) is 8.74. The summed E-state index contributed by atoms with van der Waals surface area (Å²) in [6.07, 6.45) is 0. The number of rotatable bonds is 1. The van der Waals surface area contributed by atoms with Gasteiger partial charge in [-0.25, -0.2) is 0 Å². The van der Waals surface area contributed by atoms with E-state index in [1.807, 2.05) is 0 Å². The van der Waals surface area contributed by atoms with Crippen LogP contribution in [-0.2, 0) is 10.1 Å². The first kappa shape index (κ1) is 16.6. The van der Waals surface area contributed by atoms with Crippen LogP contribution in [0.1, 0.15) is 8.35 Å². The molecule has 0 bridgehead atoms. The van der Waals surface area contributed by atoms with E-state index in [0.717, 1.165) is 6.92 Å². The molecule has 7 heteroatoms. The van der Waals surface area contributed by atoms with Crippen molar-refractivity contribution >= 4 is 22.5 Å². The average Bonchev–Trinajstić information content (AvgIpc) is 1.31. The van der Waals surface area contributed by atoms with Gasteiger partial charge in [0, 0.05) is 0 Å². The fourth-order valence-electron chi connectivity index (χ4n) is 0. The Morgan fingerprint density at radius 1 is 1.56 bits per heavy atom. The van der Waals surface area contributed by atoms with E-state index in [2.05, 4.69) is 0 Å². The van der Waals surface area contributed by atoms with E-state index in [-0.39, 0.29) is 43.4 Å². The van der Waals surface area contributed by atoms with Crippen molar-refractivity contribution in [2.75, 3.05) is 0 Å². The van der Waals surface area contributed by atoms with Gasteiger partial charge >= 0.3 is 29.6 Å². The largest absolute Gasteiger partial charge is 1.00 e. The topological polar surface area (TPSA) is 74.6 Å². The van der Waals surface area contributed by atoms with E-state index in [9.17, 15) is 8.42 Å².